The molecule has 0 aromatic heterocycles. The molecule has 2 aromatic rings. The van der Waals surface area contributed by atoms with Crippen LogP contribution in [0.5, 0.6) is 0 Å². The minimum atomic E-state index is -3.10. The number of sulfonamides is 1. The molecular weight excluding hydrogens is 324 g/mol. The number of carbonyl (C=O) groups is 1. The Labute approximate surface area is 142 Å². The van der Waals surface area contributed by atoms with E-state index in [1.54, 1.807) is 6.08 Å². The number of nitrogens with zero attached hydrogens (tertiary/aromatic N) is 1. The minimum absolute atomic E-state index is 0.210. The van der Waals surface area contributed by atoms with Crippen molar-refractivity contribution in [3.63, 3.8) is 0 Å². The number of fused-ring (bicyclic) bond motifs is 1. The van der Waals surface area contributed by atoms with Crippen molar-refractivity contribution >= 4 is 32.8 Å². The van der Waals surface area contributed by atoms with E-state index in [1.807, 2.05) is 42.5 Å². The average molecular weight is 344 g/mol. The fourth-order valence-electron chi connectivity index (χ4n) is 2.87. The summed E-state index contributed by atoms with van der Waals surface area (Å²) in [7, 11) is -3.10. The van der Waals surface area contributed by atoms with Crippen molar-refractivity contribution < 1.29 is 13.2 Å². The maximum Gasteiger partial charge on any atom is 0.244 e. The second kappa shape index (κ2) is 7.15. The molecule has 3 rings (SSSR count). The summed E-state index contributed by atoms with van der Waals surface area (Å²) in [5.41, 5.74) is 0.977. The van der Waals surface area contributed by atoms with E-state index in [4.69, 9.17) is 0 Å². The van der Waals surface area contributed by atoms with E-state index in [9.17, 15) is 13.2 Å². The number of hydrogen-bond donors (Lipinski definition) is 1. The first-order chi connectivity index (χ1) is 11.6. The van der Waals surface area contributed by atoms with Crippen LogP contribution in [0.15, 0.2) is 48.5 Å². The highest BCUT2D eigenvalue weighted by molar-refractivity contribution is 7.89. The lowest BCUT2D eigenvalue weighted by Crippen LogP contribution is -2.35. The minimum Gasteiger partial charge on any atom is -0.351 e. The Hall–Kier alpha value is -2.18. The molecule has 1 N–H and O–H groups in total. The molecule has 5 nitrogen and oxygen atoms in total. The number of carbonyl (C=O) groups excluding carboxylic acids is 1. The van der Waals surface area contributed by atoms with E-state index in [2.05, 4.69) is 5.32 Å². The lowest BCUT2D eigenvalue weighted by molar-refractivity contribution is -0.116. The standard InChI is InChI=1S/C18H20N2O3S/c21-18(19-11-13-20-12-4-14-24(20,22)23)10-9-16-7-3-6-15-5-1-2-8-17(15)16/h1-3,5-10H,4,11-14H2,(H,19,21)/b10-9-. The summed E-state index contributed by atoms with van der Waals surface area (Å²) in [6, 6.07) is 13.9. The molecule has 0 aliphatic carbocycles. The molecule has 0 atom stereocenters. The molecule has 1 aliphatic rings. The number of amides is 1. The molecule has 0 spiro atoms. The second-order valence-electron chi connectivity index (χ2n) is 5.76. The molecule has 6 heteroatoms. The van der Waals surface area contributed by atoms with Gasteiger partial charge in [0.25, 0.3) is 0 Å². The zero-order valence-corrected chi connectivity index (χ0v) is 14.1. The van der Waals surface area contributed by atoms with Crippen molar-refractivity contribution in [1.29, 1.82) is 0 Å². The van der Waals surface area contributed by atoms with Crippen LogP contribution in [0, 0.1) is 0 Å². The zero-order chi connectivity index (χ0) is 17.0. The maximum absolute atomic E-state index is 11.9. The molecule has 1 aliphatic heterocycles. The highest BCUT2D eigenvalue weighted by atomic mass is 32.2. The van der Waals surface area contributed by atoms with E-state index in [-0.39, 0.29) is 11.7 Å². The van der Waals surface area contributed by atoms with E-state index in [0.717, 1.165) is 16.3 Å². The third-order valence-electron chi connectivity index (χ3n) is 4.10. The molecule has 126 valence electrons. The summed E-state index contributed by atoms with van der Waals surface area (Å²) < 4.78 is 24.8. The molecule has 0 bridgehead atoms. The third kappa shape index (κ3) is 3.83. The highest BCUT2D eigenvalue weighted by Gasteiger charge is 2.27. The molecule has 1 amide bonds. The summed E-state index contributed by atoms with van der Waals surface area (Å²) in [5.74, 6) is -0.0124. The zero-order valence-electron chi connectivity index (χ0n) is 13.3. The van der Waals surface area contributed by atoms with Crippen LogP contribution in [0.3, 0.4) is 0 Å². The van der Waals surface area contributed by atoms with Gasteiger partial charge < -0.3 is 5.32 Å². The smallest absolute Gasteiger partial charge is 0.244 e. The van der Waals surface area contributed by atoms with Crippen molar-refractivity contribution in [3.05, 3.63) is 54.1 Å². The number of benzene rings is 2. The molecule has 24 heavy (non-hydrogen) atoms. The van der Waals surface area contributed by atoms with E-state index >= 15 is 0 Å². The Bertz CT molecular complexity index is 869. The normalized spacial score (nSPS) is 17.5. The molecule has 1 heterocycles. The lowest BCUT2D eigenvalue weighted by atomic mass is 10.0. The summed E-state index contributed by atoms with van der Waals surface area (Å²) in [4.78, 5) is 11.9. The molecule has 0 unspecified atom stereocenters. The summed E-state index contributed by atoms with van der Waals surface area (Å²) in [6.07, 6.45) is 3.93. The lowest BCUT2D eigenvalue weighted by Gasteiger charge is -2.13. The van der Waals surface area contributed by atoms with Crippen LogP contribution < -0.4 is 5.32 Å². The quantitative estimate of drug-likeness (QED) is 0.844. The van der Waals surface area contributed by atoms with Gasteiger partial charge in [-0.05, 0) is 28.8 Å². The number of rotatable bonds is 5. The summed E-state index contributed by atoms with van der Waals surface area (Å²) in [6.45, 7) is 1.19. The average Bonchev–Trinajstić information content (AvgIpc) is 2.91. The maximum atomic E-state index is 11.9. The Kier molecular flexibility index (Phi) is 4.97. The Balaban J connectivity index is 1.57. The van der Waals surface area contributed by atoms with Gasteiger partial charge in [0.1, 0.15) is 0 Å². The molecule has 2 aromatic carbocycles. The first-order valence-corrected chi connectivity index (χ1v) is 9.59. The van der Waals surface area contributed by atoms with Gasteiger partial charge in [0.15, 0.2) is 0 Å². The van der Waals surface area contributed by atoms with Gasteiger partial charge in [0, 0.05) is 25.7 Å². The Morgan fingerprint density at radius 1 is 1.17 bits per heavy atom. The monoisotopic (exact) mass is 344 g/mol. The summed E-state index contributed by atoms with van der Waals surface area (Å²) >= 11 is 0. The van der Waals surface area contributed by atoms with Crippen LogP contribution in [0.2, 0.25) is 0 Å². The first kappa shape index (κ1) is 16.7. The number of hydrogen-bond acceptors (Lipinski definition) is 3. The van der Waals surface area contributed by atoms with Gasteiger partial charge in [-0.25, -0.2) is 12.7 Å². The van der Waals surface area contributed by atoms with Crippen LogP contribution in [0.1, 0.15) is 12.0 Å². The van der Waals surface area contributed by atoms with Crippen molar-refractivity contribution in [2.75, 3.05) is 25.4 Å². The van der Waals surface area contributed by atoms with Crippen LogP contribution in [0.25, 0.3) is 16.8 Å². The van der Waals surface area contributed by atoms with Gasteiger partial charge in [0.2, 0.25) is 15.9 Å². The van der Waals surface area contributed by atoms with Crippen molar-refractivity contribution in [1.82, 2.24) is 9.62 Å². The van der Waals surface area contributed by atoms with Crippen LogP contribution in [0.4, 0.5) is 0 Å². The molecule has 1 saturated heterocycles. The van der Waals surface area contributed by atoms with Gasteiger partial charge in [-0.2, -0.15) is 0 Å². The van der Waals surface area contributed by atoms with E-state index in [1.165, 1.54) is 10.4 Å². The first-order valence-electron chi connectivity index (χ1n) is 7.98. The van der Waals surface area contributed by atoms with Gasteiger partial charge in [-0.1, -0.05) is 42.5 Å². The fourth-order valence-corrected chi connectivity index (χ4v) is 4.40. The fraction of sp³-hybridized carbons (Fsp3) is 0.278. The van der Waals surface area contributed by atoms with Crippen molar-refractivity contribution in [3.8, 4) is 0 Å². The van der Waals surface area contributed by atoms with Crippen LogP contribution in [-0.4, -0.2) is 44.0 Å². The molecule has 0 radical (unpaired) electrons. The van der Waals surface area contributed by atoms with Gasteiger partial charge in [0.05, 0.1) is 5.75 Å². The Morgan fingerprint density at radius 3 is 2.75 bits per heavy atom. The molecule has 0 saturated carbocycles. The molecular formula is C18H20N2O3S. The second-order valence-corrected chi connectivity index (χ2v) is 7.85. The highest BCUT2D eigenvalue weighted by Crippen LogP contribution is 2.19. The predicted molar refractivity (Wildman–Crippen MR) is 96.0 cm³/mol. The van der Waals surface area contributed by atoms with Crippen molar-refractivity contribution in [2.24, 2.45) is 0 Å². The summed E-state index contributed by atoms with van der Waals surface area (Å²) in [5, 5.41) is 4.95. The molecule has 1 fully saturated rings. The van der Waals surface area contributed by atoms with Gasteiger partial charge in [-0.3, -0.25) is 4.79 Å². The SMILES string of the molecule is O=C(/C=C\c1cccc2ccccc12)NCCN1CCCS1(=O)=O. The Morgan fingerprint density at radius 2 is 1.96 bits per heavy atom. The van der Waals surface area contributed by atoms with Gasteiger partial charge >= 0.3 is 0 Å². The third-order valence-corrected chi connectivity index (χ3v) is 6.06. The number of nitrogens with one attached hydrogen (secondary N) is 1. The van der Waals surface area contributed by atoms with E-state index in [0.29, 0.717) is 26.1 Å². The van der Waals surface area contributed by atoms with E-state index < -0.39 is 10.0 Å². The van der Waals surface area contributed by atoms with Gasteiger partial charge in [-0.15, -0.1) is 0 Å². The largest absolute Gasteiger partial charge is 0.351 e. The predicted octanol–water partition coefficient (Wildman–Crippen LogP) is 2.00. The van der Waals surface area contributed by atoms with Crippen molar-refractivity contribution in [2.45, 2.75) is 6.42 Å². The van der Waals surface area contributed by atoms with Crippen LogP contribution >= 0.6 is 0 Å². The van der Waals surface area contributed by atoms with Crippen LogP contribution in [-0.2, 0) is 14.8 Å². The topological polar surface area (TPSA) is 66.5 Å².